The van der Waals surface area contributed by atoms with Gasteiger partial charge in [-0.3, -0.25) is 4.79 Å². The fraction of sp³-hybridized carbons (Fsp3) is 0.250. The third-order valence-corrected chi connectivity index (χ3v) is 3.34. The van der Waals surface area contributed by atoms with Crippen LogP contribution in [0.25, 0.3) is 10.9 Å². The largest absolute Gasteiger partial charge is 0.573 e. The van der Waals surface area contributed by atoms with E-state index in [1.165, 1.54) is 18.2 Å². The molecule has 0 spiro atoms. The first-order valence-corrected chi connectivity index (χ1v) is 7.22. The smallest absolute Gasteiger partial charge is 0.480 e. The lowest BCUT2D eigenvalue weighted by Gasteiger charge is -2.12. The van der Waals surface area contributed by atoms with E-state index in [9.17, 15) is 22.8 Å². The van der Waals surface area contributed by atoms with Gasteiger partial charge in [-0.1, -0.05) is 6.08 Å². The number of carbonyl (C=O) groups excluding carboxylic acids is 1. The zero-order valence-electron chi connectivity index (χ0n) is 12.9. The second-order valence-corrected chi connectivity index (χ2v) is 5.21. The van der Waals surface area contributed by atoms with Crippen molar-refractivity contribution in [2.45, 2.75) is 25.2 Å². The van der Waals surface area contributed by atoms with Gasteiger partial charge in [-0.05, 0) is 31.0 Å². The van der Waals surface area contributed by atoms with Crippen LogP contribution >= 0.6 is 0 Å². The highest BCUT2D eigenvalue weighted by Crippen LogP contribution is 2.26. The third-order valence-electron chi connectivity index (χ3n) is 3.34. The Morgan fingerprint density at radius 1 is 1.36 bits per heavy atom. The molecule has 25 heavy (non-hydrogen) atoms. The Labute approximate surface area is 140 Å². The number of carbonyl (C=O) groups is 2. The summed E-state index contributed by atoms with van der Waals surface area (Å²) in [6.07, 6.45) is -2.70. The molecule has 9 heteroatoms. The molecular weight excluding hydrogens is 341 g/mol. The number of hydrogen-bond donors (Lipinski definition) is 3. The molecule has 1 atom stereocenters. The van der Waals surface area contributed by atoms with Gasteiger partial charge in [0.1, 0.15) is 17.5 Å². The van der Waals surface area contributed by atoms with E-state index >= 15 is 0 Å². The number of carboxylic acids is 1. The number of amides is 1. The zero-order valence-corrected chi connectivity index (χ0v) is 12.9. The minimum Gasteiger partial charge on any atom is -0.480 e. The fourth-order valence-corrected chi connectivity index (χ4v) is 2.20. The summed E-state index contributed by atoms with van der Waals surface area (Å²) in [5.41, 5.74) is 0.286. The van der Waals surface area contributed by atoms with Crippen molar-refractivity contribution >= 4 is 22.8 Å². The van der Waals surface area contributed by atoms with Gasteiger partial charge in [0.15, 0.2) is 0 Å². The number of aromatic nitrogens is 1. The molecule has 1 aromatic carbocycles. The lowest BCUT2D eigenvalue weighted by atomic mass is 10.1. The van der Waals surface area contributed by atoms with Crippen molar-refractivity contribution in [3.05, 3.63) is 42.6 Å². The van der Waals surface area contributed by atoms with Crippen LogP contribution in [0.5, 0.6) is 5.75 Å². The van der Waals surface area contributed by atoms with E-state index in [2.05, 4.69) is 21.6 Å². The molecule has 0 saturated carbocycles. The van der Waals surface area contributed by atoms with Crippen LogP contribution in [0.1, 0.15) is 23.3 Å². The molecule has 0 aliphatic carbocycles. The highest BCUT2D eigenvalue weighted by Gasteiger charge is 2.31. The summed E-state index contributed by atoms with van der Waals surface area (Å²) in [4.78, 5) is 26.0. The SMILES string of the molecule is C=CCCC(NC(=O)c1cc2ccc(OC(F)(F)F)cc2[nH]1)C(=O)O. The van der Waals surface area contributed by atoms with Crippen molar-refractivity contribution in [3.63, 3.8) is 0 Å². The molecule has 1 aromatic heterocycles. The number of ether oxygens (including phenoxy) is 1. The van der Waals surface area contributed by atoms with E-state index in [1.807, 2.05) is 0 Å². The minimum atomic E-state index is -4.82. The van der Waals surface area contributed by atoms with Crippen molar-refractivity contribution in [1.82, 2.24) is 10.3 Å². The Bertz CT molecular complexity index is 798. The fourth-order valence-electron chi connectivity index (χ4n) is 2.20. The highest BCUT2D eigenvalue weighted by molar-refractivity contribution is 5.99. The summed E-state index contributed by atoms with van der Waals surface area (Å²) < 4.78 is 40.5. The normalized spacial score (nSPS) is 12.6. The number of aliphatic carboxylic acids is 1. The molecular formula is C16H15F3N2O4. The van der Waals surface area contributed by atoms with Gasteiger partial charge in [-0.25, -0.2) is 4.79 Å². The standard InChI is InChI=1S/C16H15F3N2O4/c1-2-3-4-11(15(23)24)21-14(22)13-7-9-5-6-10(8-12(9)20-13)25-16(17,18)19/h2,5-8,11,20H,1,3-4H2,(H,21,22)(H,23,24). The van der Waals surface area contributed by atoms with Crippen molar-refractivity contribution in [1.29, 1.82) is 0 Å². The van der Waals surface area contributed by atoms with Gasteiger partial charge in [0.2, 0.25) is 0 Å². The maximum Gasteiger partial charge on any atom is 0.573 e. The van der Waals surface area contributed by atoms with Crippen molar-refractivity contribution in [2.24, 2.45) is 0 Å². The molecule has 3 N–H and O–H groups in total. The average molecular weight is 356 g/mol. The predicted octanol–water partition coefficient (Wildman–Crippen LogP) is 3.22. The van der Waals surface area contributed by atoms with Crippen molar-refractivity contribution in [2.75, 3.05) is 0 Å². The molecule has 0 aliphatic heterocycles. The molecule has 6 nitrogen and oxygen atoms in total. The lowest BCUT2D eigenvalue weighted by Crippen LogP contribution is -2.40. The molecule has 0 bridgehead atoms. The molecule has 1 heterocycles. The Balaban J connectivity index is 2.18. The van der Waals surface area contributed by atoms with Crippen LogP contribution in [0.15, 0.2) is 36.9 Å². The number of rotatable bonds is 7. The molecule has 2 aromatic rings. The zero-order chi connectivity index (χ0) is 18.6. The average Bonchev–Trinajstić information content (AvgIpc) is 2.92. The summed E-state index contributed by atoms with van der Waals surface area (Å²) >= 11 is 0. The Kier molecular flexibility index (Phi) is 5.35. The molecule has 0 saturated heterocycles. The van der Waals surface area contributed by atoms with Crippen LogP contribution in [0.2, 0.25) is 0 Å². The first-order chi connectivity index (χ1) is 11.7. The second-order valence-electron chi connectivity index (χ2n) is 5.21. The number of halogens is 3. The Hall–Kier alpha value is -2.97. The van der Waals surface area contributed by atoms with Gasteiger partial charge in [-0.15, -0.1) is 19.8 Å². The first kappa shape index (κ1) is 18.4. The van der Waals surface area contributed by atoms with Gasteiger partial charge < -0.3 is 20.1 Å². The topological polar surface area (TPSA) is 91.4 Å². The monoisotopic (exact) mass is 356 g/mol. The van der Waals surface area contributed by atoms with Crippen LogP contribution < -0.4 is 10.1 Å². The molecule has 0 radical (unpaired) electrons. The summed E-state index contributed by atoms with van der Waals surface area (Å²) in [5.74, 6) is -2.29. The Morgan fingerprint density at radius 3 is 2.68 bits per heavy atom. The summed E-state index contributed by atoms with van der Waals surface area (Å²) in [5, 5.41) is 11.9. The molecule has 134 valence electrons. The van der Waals surface area contributed by atoms with Crippen molar-refractivity contribution < 1.29 is 32.6 Å². The van der Waals surface area contributed by atoms with Gasteiger partial charge in [0, 0.05) is 17.0 Å². The number of carboxylic acid groups (broad SMARTS) is 1. The minimum absolute atomic E-state index is 0.0315. The Morgan fingerprint density at radius 2 is 2.08 bits per heavy atom. The van der Waals surface area contributed by atoms with Crippen LogP contribution in [0.3, 0.4) is 0 Å². The molecule has 1 amide bonds. The maximum atomic E-state index is 12.2. The van der Waals surface area contributed by atoms with E-state index in [1.54, 1.807) is 0 Å². The lowest BCUT2D eigenvalue weighted by molar-refractivity contribution is -0.274. The third kappa shape index (κ3) is 5.00. The van der Waals surface area contributed by atoms with Gasteiger partial charge >= 0.3 is 12.3 Å². The number of nitrogens with one attached hydrogen (secondary N) is 2. The number of H-pyrrole nitrogens is 1. The van der Waals surface area contributed by atoms with E-state index in [-0.39, 0.29) is 17.6 Å². The number of allylic oxidation sites excluding steroid dienone is 1. The van der Waals surface area contributed by atoms with Gasteiger partial charge in [-0.2, -0.15) is 0 Å². The van der Waals surface area contributed by atoms with E-state index in [0.29, 0.717) is 11.8 Å². The van der Waals surface area contributed by atoms with E-state index in [0.717, 1.165) is 12.1 Å². The summed E-state index contributed by atoms with van der Waals surface area (Å²) in [6, 6.07) is 3.90. The van der Waals surface area contributed by atoms with Crippen molar-refractivity contribution in [3.8, 4) is 5.75 Å². The molecule has 0 aliphatic rings. The number of benzene rings is 1. The number of alkyl halides is 3. The highest BCUT2D eigenvalue weighted by atomic mass is 19.4. The quantitative estimate of drug-likeness (QED) is 0.665. The van der Waals surface area contributed by atoms with Crippen LogP contribution in [0, 0.1) is 0 Å². The van der Waals surface area contributed by atoms with E-state index < -0.39 is 30.0 Å². The summed E-state index contributed by atoms with van der Waals surface area (Å²) in [7, 11) is 0. The molecule has 0 fully saturated rings. The predicted molar refractivity (Wildman–Crippen MR) is 83.3 cm³/mol. The second kappa shape index (κ2) is 7.29. The van der Waals surface area contributed by atoms with Crippen LogP contribution in [-0.2, 0) is 4.79 Å². The maximum absolute atomic E-state index is 12.2. The molecule has 2 rings (SSSR count). The van der Waals surface area contributed by atoms with Gasteiger partial charge in [0.25, 0.3) is 5.91 Å². The van der Waals surface area contributed by atoms with Crippen LogP contribution in [0.4, 0.5) is 13.2 Å². The first-order valence-electron chi connectivity index (χ1n) is 7.22. The number of fused-ring (bicyclic) bond motifs is 1. The summed E-state index contributed by atoms with van der Waals surface area (Å²) in [6.45, 7) is 3.49. The molecule has 1 unspecified atom stereocenters. The van der Waals surface area contributed by atoms with E-state index in [4.69, 9.17) is 5.11 Å². The van der Waals surface area contributed by atoms with Gasteiger partial charge in [0.05, 0.1) is 0 Å². The number of hydrogen-bond acceptors (Lipinski definition) is 3. The van der Waals surface area contributed by atoms with Crippen LogP contribution in [-0.4, -0.2) is 34.4 Å². The number of aromatic amines is 1.